The van der Waals surface area contributed by atoms with Crippen LogP contribution >= 0.6 is 11.6 Å². The van der Waals surface area contributed by atoms with Gasteiger partial charge in [0.2, 0.25) is 21.8 Å². The molecule has 4 rings (SSSR count). The smallest absolute Gasteiger partial charge is 0.243 e. The molecule has 2 atom stereocenters. The molecule has 10 heteroatoms. The molecule has 3 aromatic rings. The van der Waals surface area contributed by atoms with Crippen LogP contribution in [0.25, 0.3) is 0 Å². The molecule has 1 fully saturated rings. The summed E-state index contributed by atoms with van der Waals surface area (Å²) in [5.74, 6) is -0.405. The Morgan fingerprint density at radius 3 is 2.31 bits per heavy atom. The monoisotopic (exact) mass is 611 g/mol. The van der Waals surface area contributed by atoms with Gasteiger partial charge in [0, 0.05) is 44.1 Å². The number of rotatable bonds is 14. The summed E-state index contributed by atoms with van der Waals surface area (Å²) in [6, 6.07) is 22.7. The first-order valence-corrected chi connectivity index (χ1v) is 16.2. The van der Waals surface area contributed by atoms with Crippen LogP contribution in [0.1, 0.15) is 42.9 Å². The van der Waals surface area contributed by atoms with Gasteiger partial charge in [-0.1, -0.05) is 73.1 Å². The number of carbonyl (C=O) groups is 2. The first-order chi connectivity index (χ1) is 20.2. The normalized spacial score (nSPS) is 15.7. The number of amides is 2. The molecule has 1 aliphatic rings. The minimum atomic E-state index is -3.56. The molecule has 1 heterocycles. The topological polar surface area (TPSA) is 105 Å². The lowest BCUT2D eigenvalue weighted by Crippen LogP contribution is -2.51. The van der Waals surface area contributed by atoms with E-state index in [2.05, 4.69) is 10.0 Å². The van der Waals surface area contributed by atoms with Gasteiger partial charge in [-0.25, -0.2) is 13.1 Å². The van der Waals surface area contributed by atoms with Crippen molar-refractivity contribution in [2.45, 2.75) is 62.6 Å². The quantitative estimate of drug-likeness (QED) is 0.279. The van der Waals surface area contributed by atoms with Crippen LogP contribution in [0.2, 0.25) is 5.02 Å². The number of halogens is 1. The number of benzene rings is 3. The van der Waals surface area contributed by atoms with Crippen molar-refractivity contribution in [2.24, 2.45) is 0 Å². The minimum Gasteiger partial charge on any atom is -0.376 e. The van der Waals surface area contributed by atoms with Gasteiger partial charge in [-0.05, 0) is 60.2 Å². The molecule has 0 unspecified atom stereocenters. The highest BCUT2D eigenvalue weighted by molar-refractivity contribution is 7.89. The molecule has 3 aromatic carbocycles. The van der Waals surface area contributed by atoms with Crippen LogP contribution in [0, 0.1) is 0 Å². The molecule has 0 aliphatic carbocycles. The summed E-state index contributed by atoms with van der Waals surface area (Å²) in [4.78, 5) is 29.4. The standard InChI is InChI=1S/C32H38ClN3O5S/c1-2-35-42(39,40)29-17-12-24(13-18-29)14-19-31(37)36(23-26-10-15-27(33)16-11-26)30(21-25-7-4-3-5-8-25)32(38)34-22-28-9-6-20-41-28/h3-5,7-8,10-13,15-18,28,30,35H,2,6,9,14,19-23H2,1H3,(H,34,38)/t28-,30+/m0/s1. The minimum absolute atomic E-state index is 0.0222. The number of sulfonamides is 1. The number of hydrogen-bond donors (Lipinski definition) is 2. The zero-order valence-electron chi connectivity index (χ0n) is 23.8. The fraction of sp³-hybridized carbons (Fsp3) is 0.375. The van der Waals surface area contributed by atoms with Gasteiger partial charge in [0.1, 0.15) is 6.04 Å². The summed E-state index contributed by atoms with van der Waals surface area (Å²) in [6.45, 7) is 3.35. The Labute approximate surface area is 253 Å². The SMILES string of the molecule is CCNS(=O)(=O)c1ccc(CCC(=O)N(Cc2ccc(Cl)cc2)[C@H](Cc2ccccc2)C(=O)NC[C@@H]2CCCO2)cc1. The Kier molecular flexibility index (Phi) is 11.5. The lowest BCUT2D eigenvalue weighted by molar-refractivity contribution is -0.141. The van der Waals surface area contributed by atoms with Gasteiger partial charge in [0.05, 0.1) is 11.0 Å². The van der Waals surface area contributed by atoms with Crippen molar-refractivity contribution in [1.29, 1.82) is 0 Å². The predicted molar refractivity (Wildman–Crippen MR) is 164 cm³/mol. The maximum absolute atomic E-state index is 13.9. The first kappa shape index (κ1) is 31.7. The average Bonchev–Trinajstić information content (AvgIpc) is 3.52. The average molecular weight is 612 g/mol. The van der Waals surface area contributed by atoms with E-state index in [-0.39, 0.29) is 35.8 Å². The van der Waals surface area contributed by atoms with E-state index in [1.165, 1.54) is 0 Å². The van der Waals surface area contributed by atoms with Gasteiger partial charge in [-0.2, -0.15) is 0 Å². The number of carbonyl (C=O) groups excluding carboxylic acids is 2. The van der Waals surface area contributed by atoms with Crippen LogP contribution < -0.4 is 10.0 Å². The van der Waals surface area contributed by atoms with Crippen molar-refractivity contribution >= 4 is 33.4 Å². The highest BCUT2D eigenvalue weighted by Crippen LogP contribution is 2.20. The molecule has 0 saturated carbocycles. The predicted octanol–water partition coefficient (Wildman–Crippen LogP) is 4.51. The second kappa shape index (κ2) is 15.3. The highest BCUT2D eigenvalue weighted by Gasteiger charge is 2.31. The van der Waals surface area contributed by atoms with Crippen molar-refractivity contribution in [2.75, 3.05) is 19.7 Å². The first-order valence-electron chi connectivity index (χ1n) is 14.3. The number of nitrogens with one attached hydrogen (secondary N) is 2. The molecule has 1 saturated heterocycles. The van der Waals surface area contributed by atoms with Gasteiger partial charge in [-0.3, -0.25) is 9.59 Å². The number of aryl methyl sites for hydroxylation is 1. The van der Waals surface area contributed by atoms with Gasteiger partial charge in [-0.15, -0.1) is 0 Å². The maximum Gasteiger partial charge on any atom is 0.243 e. The van der Waals surface area contributed by atoms with Gasteiger partial charge >= 0.3 is 0 Å². The largest absolute Gasteiger partial charge is 0.376 e. The van der Waals surface area contributed by atoms with E-state index in [9.17, 15) is 18.0 Å². The van der Waals surface area contributed by atoms with E-state index >= 15 is 0 Å². The molecule has 2 N–H and O–H groups in total. The summed E-state index contributed by atoms with van der Waals surface area (Å²) < 4.78 is 32.8. The molecule has 0 bridgehead atoms. The lowest BCUT2D eigenvalue weighted by atomic mass is 10.0. The molecule has 0 spiro atoms. The second-order valence-corrected chi connectivity index (χ2v) is 12.6. The van der Waals surface area contributed by atoms with E-state index in [1.807, 2.05) is 42.5 Å². The van der Waals surface area contributed by atoms with Crippen LogP contribution in [0.4, 0.5) is 0 Å². The highest BCUT2D eigenvalue weighted by atomic mass is 35.5. The lowest BCUT2D eigenvalue weighted by Gasteiger charge is -2.32. The fourth-order valence-electron chi connectivity index (χ4n) is 4.98. The van der Waals surface area contributed by atoms with Crippen LogP contribution in [-0.4, -0.2) is 57.0 Å². The molecule has 2 amide bonds. The number of ether oxygens (including phenoxy) is 1. The van der Waals surface area contributed by atoms with Crippen LogP contribution in [0.3, 0.4) is 0 Å². The van der Waals surface area contributed by atoms with Crippen LogP contribution in [0.5, 0.6) is 0 Å². The Morgan fingerprint density at radius 1 is 0.976 bits per heavy atom. The van der Waals surface area contributed by atoms with Gasteiger partial charge < -0.3 is 15.0 Å². The Balaban J connectivity index is 1.55. The third kappa shape index (κ3) is 9.13. The third-order valence-corrected chi connectivity index (χ3v) is 9.07. The fourth-order valence-corrected chi connectivity index (χ4v) is 6.15. The zero-order valence-corrected chi connectivity index (χ0v) is 25.4. The molecular weight excluding hydrogens is 574 g/mol. The van der Waals surface area contributed by atoms with Crippen molar-refractivity contribution < 1.29 is 22.7 Å². The summed E-state index contributed by atoms with van der Waals surface area (Å²) >= 11 is 6.11. The molecule has 8 nitrogen and oxygen atoms in total. The molecular formula is C32H38ClN3O5S. The molecule has 42 heavy (non-hydrogen) atoms. The summed E-state index contributed by atoms with van der Waals surface area (Å²) in [5, 5.41) is 3.63. The van der Waals surface area contributed by atoms with Crippen molar-refractivity contribution in [3.8, 4) is 0 Å². The van der Waals surface area contributed by atoms with Crippen LogP contribution in [0.15, 0.2) is 83.8 Å². The van der Waals surface area contributed by atoms with Crippen molar-refractivity contribution in [1.82, 2.24) is 14.9 Å². The van der Waals surface area contributed by atoms with E-state index in [0.29, 0.717) is 37.6 Å². The molecule has 0 aromatic heterocycles. The maximum atomic E-state index is 13.9. The summed E-state index contributed by atoms with van der Waals surface area (Å²) in [6.07, 6.45) is 2.74. The number of hydrogen-bond acceptors (Lipinski definition) is 5. The van der Waals surface area contributed by atoms with E-state index in [0.717, 1.165) is 29.5 Å². The van der Waals surface area contributed by atoms with E-state index in [1.54, 1.807) is 48.2 Å². The molecule has 1 aliphatic heterocycles. The molecule has 0 radical (unpaired) electrons. The summed E-state index contributed by atoms with van der Waals surface area (Å²) in [7, 11) is -3.56. The zero-order chi connectivity index (χ0) is 30.0. The number of nitrogens with zero attached hydrogens (tertiary/aromatic N) is 1. The van der Waals surface area contributed by atoms with Gasteiger partial charge in [0.25, 0.3) is 0 Å². The van der Waals surface area contributed by atoms with E-state index in [4.69, 9.17) is 16.3 Å². The Bertz CT molecular complexity index is 1410. The molecule has 224 valence electrons. The Morgan fingerprint density at radius 2 is 1.67 bits per heavy atom. The third-order valence-electron chi connectivity index (χ3n) is 7.26. The van der Waals surface area contributed by atoms with Crippen molar-refractivity contribution in [3.63, 3.8) is 0 Å². The van der Waals surface area contributed by atoms with Gasteiger partial charge in [0.15, 0.2) is 0 Å². The summed E-state index contributed by atoms with van der Waals surface area (Å²) in [5.41, 5.74) is 2.63. The van der Waals surface area contributed by atoms with Crippen LogP contribution in [-0.2, 0) is 43.7 Å². The Hall–Kier alpha value is -3.24. The second-order valence-electron chi connectivity index (χ2n) is 10.4. The van der Waals surface area contributed by atoms with E-state index < -0.39 is 16.1 Å². The van der Waals surface area contributed by atoms with Crippen molar-refractivity contribution in [3.05, 3.63) is 101 Å².